The van der Waals surface area contributed by atoms with Crippen LogP contribution in [0.25, 0.3) is 11.3 Å². The Hall–Kier alpha value is -1.79. The van der Waals surface area contributed by atoms with Gasteiger partial charge in [-0.1, -0.05) is 35.5 Å². The first-order chi connectivity index (χ1) is 9.66. The minimum atomic E-state index is -0.960. The SMILES string of the molecule is NC(CCSCc1cc(-c2ccccc2)on1)C(=O)O. The molecule has 1 heterocycles. The zero-order chi connectivity index (χ0) is 14.4. The van der Waals surface area contributed by atoms with Gasteiger partial charge in [-0.15, -0.1) is 0 Å². The van der Waals surface area contributed by atoms with E-state index in [4.69, 9.17) is 15.4 Å². The Kier molecular flexibility index (Phi) is 5.20. The Morgan fingerprint density at radius 2 is 2.15 bits per heavy atom. The third-order valence-corrected chi connectivity index (χ3v) is 3.78. The van der Waals surface area contributed by atoms with Crippen molar-refractivity contribution < 1.29 is 14.4 Å². The molecular formula is C14H16N2O3S. The Labute approximate surface area is 121 Å². The molecule has 20 heavy (non-hydrogen) atoms. The molecule has 0 aliphatic carbocycles. The van der Waals surface area contributed by atoms with Gasteiger partial charge in [-0.3, -0.25) is 4.79 Å². The monoisotopic (exact) mass is 292 g/mol. The summed E-state index contributed by atoms with van der Waals surface area (Å²) < 4.78 is 5.28. The van der Waals surface area contributed by atoms with E-state index in [1.165, 1.54) is 0 Å². The molecule has 1 aromatic heterocycles. The van der Waals surface area contributed by atoms with Crippen molar-refractivity contribution in [3.8, 4) is 11.3 Å². The number of aliphatic carboxylic acids is 1. The number of nitrogens with two attached hydrogens (primary N) is 1. The van der Waals surface area contributed by atoms with Gasteiger partial charge in [0.05, 0.1) is 5.69 Å². The predicted molar refractivity (Wildman–Crippen MR) is 78.3 cm³/mol. The van der Waals surface area contributed by atoms with Gasteiger partial charge in [-0.2, -0.15) is 11.8 Å². The quantitative estimate of drug-likeness (QED) is 0.762. The van der Waals surface area contributed by atoms with Crippen LogP contribution in [0.1, 0.15) is 12.1 Å². The number of carbonyl (C=O) groups is 1. The van der Waals surface area contributed by atoms with E-state index in [1.807, 2.05) is 36.4 Å². The molecule has 3 N–H and O–H groups in total. The molecule has 0 amide bonds. The van der Waals surface area contributed by atoms with Crippen LogP contribution in [-0.2, 0) is 10.5 Å². The van der Waals surface area contributed by atoms with Crippen molar-refractivity contribution in [1.82, 2.24) is 5.16 Å². The van der Waals surface area contributed by atoms with Crippen molar-refractivity contribution in [2.45, 2.75) is 18.2 Å². The second-order valence-corrected chi connectivity index (χ2v) is 5.44. The lowest BCUT2D eigenvalue weighted by Gasteiger charge is -2.04. The van der Waals surface area contributed by atoms with Crippen molar-refractivity contribution in [2.24, 2.45) is 5.73 Å². The van der Waals surface area contributed by atoms with Crippen LogP contribution in [-0.4, -0.2) is 28.0 Å². The Bertz CT molecular complexity index is 557. The molecule has 1 aromatic carbocycles. The maximum Gasteiger partial charge on any atom is 0.320 e. The fourth-order valence-corrected chi connectivity index (χ4v) is 2.54. The molecule has 1 unspecified atom stereocenters. The third-order valence-electron chi connectivity index (χ3n) is 2.76. The second kappa shape index (κ2) is 7.12. The summed E-state index contributed by atoms with van der Waals surface area (Å²) in [7, 11) is 0. The first-order valence-corrected chi connectivity index (χ1v) is 7.39. The van der Waals surface area contributed by atoms with E-state index in [2.05, 4.69) is 5.16 Å². The van der Waals surface area contributed by atoms with Gasteiger partial charge in [-0.25, -0.2) is 0 Å². The Morgan fingerprint density at radius 1 is 1.40 bits per heavy atom. The summed E-state index contributed by atoms with van der Waals surface area (Å²) in [5.74, 6) is 1.14. The minimum Gasteiger partial charge on any atom is -0.480 e. The Morgan fingerprint density at radius 3 is 2.85 bits per heavy atom. The lowest BCUT2D eigenvalue weighted by Crippen LogP contribution is -2.30. The van der Waals surface area contributed by atoms with Gasteiger partial charge in [0.15, 0.2) is 5.76 Å². The highest BCUT2D eigenvalue weighted by Crippen LogP contribution is 2.22. The van der Waals surface area contributed by atoms with Crippen molar-refractivity contribution in [2.75, 3.05) is 5.75 Å². The average Bonchev–Trinajstić information content (AvgIpc) is 2.93. The molecule has 0 spiro atoms. The van der Waals surface area contributed by atoms with Crippen molar-refractivity contribution in [1.29, 1.82) is 0 Å². The second-order valence-electron chi connectivity index (χ2n) is 4.33. The zero-order valence-electron chi connectivity index (χ0n) is 10.9. The van der Waals surface area contributed by atoms with Gasteiger partial charge < -0.3 is 15.4 Å². The molecule has 0 saturated heterocycles. The molecule has 0 aliphatic heterocycles. The summed E-state index contributed by atoms with van der Waals surface area (Å²) in [4.78, 5) is 10.6. The molecule has 0 radical (unpaired) electrons. The molecule has 5 nitrogen and oxygen atoms in total. The van der Waals surface area contributed by atoms with E-state index in [0.717, 1.165) is 17.0 Å². The van der Waals surface area contributed by atoms with Gasteiger partial charge in [0.2, 0.25) is 0 Å². The van der Waals surface area contributed by atoms with Gasteiger partial charge in [0.1, 0.15) is 6.04 Å². The molecule has 1 atom stereocenters. The molecule has 2 aromatic rings. The summed E-state index contributed by atoms with van der Waals surface area (Å²) in [6, 6.07) is 10.9. The fraction of sp³-hybridized carbons (Fsp3) is 0.286. The number of rotatable bonds is 7. The highest BCUT2D eigenvalue weighted by Gasteiger charge is 2.11. The molecule has 0 bridgehead atoms. The minimum absolute atomic E-state index is 0.448. The number of nitrogens with zero attached hydrogens (tertiary/aromatic N) is 1. The summed E-state index contributed by atoms with van der Waals surface area (Å²) in [5, 5.41) is 12.7. The van der Waals surface area contributed by atoms with Gasteiger partial charge in [0.25, 0.3) is 0 Å². The lowest BCUT2D eigenvalue weighted by molar-refractivity contribution is -0.138. The van der Waals surface area contributed by atoms with E-state index in [0.29, 0.717) is 17.9 Å². The molecule has 0 aliphatic rings. The maximum absolute atomic E-state index is 10.6. The zero-order valence-corrected chi connectivity index (χ0v) is 11.7. The van der Waals surface area contributed by atoms with Crippen LogP contribution >= 0.6 is 11.8 Å². The van der Waals surface area contributed by atoms with Gasteiger partial charge >= 0.3 is 5.97 Å². The van der Waals surface area contributed by atoms with E-state index >= 15 is 0 Å². The summed E-state index contributed by atoms with van der Waals surface area (Å²) in [5.41, 5.74) is 7.26. The predicted octanol–water partition coefficient (Wildman–Crippen LogP) is 2.38. The first kappa shape index (κ1) is 14.6. The molecule has 106 valence electrons. The smallest absolute Gasteiger partial charge is 0.320 e. The van der Waals surface area contributed by atoms with Crippen LogP contribution < -0.4 is 5.73 Å². The van der Waals surface area contributed by atoms with Crippen LogP contribution in [0.3, 0.4) is 0 Å². The number of carboxylic acid groups (broad SMARTS) is 1. The summed E-state index contributed by atoms with van der Waals surface area (Å²) >= 11 is 1.59. The van der Waals surface area contributed by atoms with Gasteiger partial charge in [-0.05, 0) is 12.2 Å². The number of benzene rings is 1. The topological polar surface area (TPSA) is 89.4 Å². The van der Waals surface area contributed by atoms with Crippen molar-refractivity contribution >= 4 is 17.7 Å². The first-order valence-electron chi connectivity index (χ1n) is 6.24. The number of thioether (sulfide) groups is 1. The van der Waals surface area contributed by atoms with E-state index < -0.39 is 12.0 Å². The number of carboxylic acids is 1. The van der Waals surface area contributed by atoms with E-state index in [9.17, 15) is 4.79 Å². The number of hydrogen-bond acceptors (Lipinski definition) is 5. The van der Waals surface area contributed by atoms with Crippen molar-refractivity contribution in [3.05, 3.63) is 42.1 Å². The highest BCUT2D eigenvalue weighted by molar-refractivity contribution is 7.98. The lowest BCUT2D eigenvalue weighted by atomic mass is 10.2. The Balaban J connectivity index is 1.81. The molecule has 0 fully saturated rings. The van der Waals surface area contributed by atoms with E-state index in [1.54, 1.807) is 11.8 Å². The van der Waals surface area contributed by atoms with Crippen LogP contribution in [0.4, 0.5) is 0 Å². The van der Waals surface area contributed by atoms with Crippen LogP contribution in [0.2, 0.25) is 0 Å². The van der Waals surface area contributed by atoms with Crippen LogP contribution in [0.5, 0.6) is 0 Å². The number of hydrogen-bond donors (Lipinski definition) is 2. The maximum atomic E-state index is 10.6. The molecule has 6 heteroatoms. The highest BCUT2D eigenvalue weighted by atomic mass is 32.2. The van der Waals surface area contributed by atoms with E-state index in [-0.39, 0.29) is 0 Å². The van der Waals surface area contributed by atoms with Crippen molar-refractivity contribution in [3.63, 3.8) is 0 Å². The van der Waals surface area contributed by atoms with Crippen LogP contribution in [0, 0.1) is 0 Å². The summed E-state index contributed by atoms with van der Waals surface area (Å²) in [6.07, 6.45) is 0.448. The largest absolute Gasteiger partial charge is 0.480 e. The number of aromatic nitrogens is 1. The molecule has 2 rings (SSSR count). The summed E-state index contributed by atoms with van der Waals surface area (Å²) in [6.45, 7) is 0. The average molecular weight is 292 g/mol. The molecule has 0 saturated carbocycles. The normalized spacial score (nSPS) is 12.2. The van der Waals surface area contributed by atoms with Crippen LogP contribution in [0.15, 0.2) is 40.9 Å². The standard InChI is InChI=1S/C14H16N2O3S/c15-12(14(17)18)6-7-20-9-11-8-13(19-16-11)10-4-2-1-3-5-10/h1-5,8,12H,6-7,9,15H2,(H,17,18). The van der Waals surface area contributed by atoms with Gasteiger partial charge in [0, 0.05) is 17.4 Å². The fourth-order valence-electron chi connectivity index (χ4n) is 1.63. The third kappa shape index (κ3) is 4.11. The molecular weight excluding hydrogens is 276 g/mol.